The van der Waals surface area contributed by atoms with Crippen LogP contribution >= 0.6 is 0 Å². The van der Waals surface area contributed by atoms with Crippen LogP contribution in [-0.4, -0.2) is 22.9 Å². The van der Waals surface area contributed by atoms with E-state index in [-0.39, 0.29) is 18.6 Å². The lowest BCUT2D eigenvalue weighted by Crippen LogP contribution is -2.39. The number of rotatable bonds is 4. The summed E-state index contributed by atoms with van der Waals surface area (Å²) in [5.74, 6) is -1.01. The van der Waals surface area contributed by atoms with E-state index >= 15 is 0 Å². The monoisotopic (exact) mass is 187 g/mol. The highest BCUT2D eigenvalue weighted by Gasteiger charge is 2.26. The van der Waals surface area contributed by atoms with E-state index in [1.54, 1.807) is 20.8 Å². The molecule has 0 aliphatic heterocycles. The van der Waals surface area contributed by atoms with Crippen LogP contribution in [0.3, 0.4) is 0 Å². The largest absolute Gasteiger partial charge is 0.481 e. The average Bonchev–Trinajstić information content (AvgIpc) is 1.96. The number of carbonyl (C=O) groups is 2. The van der Waals surface area contributed by atoms with Crippen molar-refractivity contribution in [1.29, 1.82) is 0 Å². The minimum Gasteiger partial charge on any atom is -0.481 e. The summed E-state index contributed by atoms with van der Waals surface area (Å²) in [6.07, 6.45) is 0.161. The van der Waals surface area contributed by atoms with Gasteiger partial charge in [-0.25, -0.2) is 0 Å². The molecule has 0 aromatic carbocycles. The molecule has 0 aromatic heterocycles. The normalized spacial score (nSPS) is 13.8. The minimum absolute atomic E-state index is 0.0526. The van der Waals surface area contributed by atoms with Gasteiger partial charge in [0.15, 0.2) is 5.78 Å². The number of nitrogens with two attached hydrogens (primary N) is 1. The van der Waals surface area contributed by atoms with Crippen molar-refractivity contribution >= 4 is 11.8 Å². The summed E-state index contributed by atoms with van der Waals surface area (Å²) in [6, 6.07) is -0.656. The molecule has 13 heavy (non-hydrogen) atoms. The molecule has 0 fully saturated rings. The van der Waals surface area contributed by atoms with Gasteiger partial charge in [0, 0.05) is 11.8 Å². The maximum atomic E-state index is 11.5. The van der Waals surface area contributed by atoms with Crippen LogP contribution in [0.2, 0.25) is 0 Å². The third-order valence-electron chi connectivity index (χ3n) is 1.75. The molecule has 0 aliphatic rings. The zero-order valence-electron chi connectivity index (χ0n) is 8.33. The van der Waals surface area contributed by atoms with E-state index < -0.39 is 17.4 Å². The number of carboxylic acids is 1. The van der Waals surface area contributed by atoms with Crippen molar-refractivity contribution in [3.63, 3.8) is 0 Å². The lowest BCUT2D eigenvalue weighted by Gasteiger charge is -2.21. The van der Waals surface area contributed by atoms with Crippen molar-refractivity contribution in [2.75, 3.05) is 0 Å². The molecule has 0 amide bonds. The molecular formula is C9H17NO3. The number of carbonyl (C=O) groups excluding carboxylic acids is 1. The van der Waals surface area contributed by atoms with E-state index in [0.717, 1.165) is 0 Å². The average molecular weight is 187 g/mol. The van der Waals surface area contributed by atoms with Gasteiger partial charge in [0.25, 0.3) is 0 Å². The Labute approximate surface area is 78.1 Å². The third kappa shape index (κ3) is 4.62. The second kappa shape index (κ2) is 4.37. The van der Waals surface area contributed by atoms with Crippen molar-refractivity contribution in [3.8, 4) is 0 Å². The first kappa shape index (κ1) is 12.1. The Bertz CT molecular complexity index is 205. The van der Waals surface area contributed by atoms with Crippen LogP contribution in [0.5, 0.6) is 0 Å². The summed E-state index contributed by atoms with van der Waals surface area (Å²) in [5.41, 5.74) is 5.05. The minimum atomic E-state index is -0.919. The van der Waals surface area contributed by atoms with Crippen molar-refractivity contribution < 1.29 is 14.7 Å². The molecule has 0 heterocycles. The molecule has 4 heteroatoms. The molecular weight excluding hydrogens is 170 g/mol. The fourth-order valence-electron chi connectivity index (χ4n) is 0.966. The number of hydrogen-bond acceptors (Lipinski definition) is 3. The summed E-state index contributed by atoms with van der Waals surface area (Å²) in [4.78, 5) is 21.7. The van der Waals surface area contributed by atoms with Crippen LogP contribution in [0.1, 0.15) is 33.6 Å². The van der Waals surface area contributed by atoms with Crippen molar-refractivity contribution in [2.24, 2.45) is 11.1 Å². The molecule has 0 spiro atoms. The first-order chi connectivity index (χ1) is 5.75. The maximum absolute atomic E-state index is 11.5. The molecule has 4 nitrogen and oxygen atoms in total. The molecule has 0 unspecified atom stereocenters. The first-order valence-electron chi connectivity index (χ1n) is 4.27. The second-order valence-electron chi connectivity index (χ2n) is 4.15. The Morgan fingerprint density at radius 1 is 1.38 bits per heavy atom. The van der Waals surface area contributed by atoms with Crippen molar-refractivity contribution in [2.45, 2.75) is 39.7 Å². The van der Waals surface area contributed by atoms with Gasteiger partial charge in [-0.2, -0.15) is 0 Å². The molecule has 1 atom stereocenters. The van der Waals surface area contributed by atoms with Crippen molar-refractivity contribution in [3.05, 3.63) is 0 Å². The van der Waals surface area contributed by atoms with E-state index in [1.165, 1.54) is 0 Å². The Balaban J connectivity index is 4.05. The lowest BCUT2D eigenvalue weighted by molar-refractivity contribution is -0.137. The standard InChI is InChI=1S/C9H17NO3/c1-9(2,3)8(13)6(10)4-5-7(11)12/h6H,4-5,10H2,1-3H3,(H,11,12)/t6-/m0/s1. The predicted molar refractivity (Wildman–Crippen MR) is 49.3 cm³/mol. The molecule has 3 N–H and O–H groups in total. The van der Waals surface area contributed by atoms with Gasteiger partial charge >= 0.3 is 5.97 Å². The molecule has 0 radical (unpaired) electrons. The number of hydrogen-bond donors (Lipinski definition) is 2. The van der Waals surface area contributed by atoms with Gasteiger partial charge in [0.1, 0.15) is 0 Å². The third-order valence-corrected chi connectivity index (χ3v) is 1.75. The SMILES string of the molecule is CC(C)(C)C(=O)[C@@H](N)CCC(=O)O. The highest BCUT2D eigenvalue weighted by atomic mass is 16.4. The highest BCUT2D eigenvalue weighted by Crippen LogP contribution is 2.17. The zero-order chi connectivity index (χ0) is 10.6. The molecule has 0 bridgehead atoms. The van der Waals surface area contributed by atoms with Crippen LogP contribution in [0.25, 0.3) is 0 Å². The highest BCUT2D eigenvalue weighted by molar-refractivity contribution is 5.88. The van der Waals surface area contributed by atoms with Gasteiger partial charge in [-0.15, -0.1) is 0 Å². The summed E-state index contributed by atoms with van der Waals surface area (Å²) >= 11 is 0. The van der Waals surface area contributed by atoms with Gasteiger partial charge in [0.05, 0.1) is 6.04 Å². The second-order valence-corrected chi connectivity index (χ2v) is 4.15. The molecule has 0 saturated heterocycles. The van der Waals surface area contributed by atoms with Crippen LogP contribution in [0.15, 0.2) is 0 Å². The van der Waals surface area contributed by atoms with E-state index in [4.69, 9.17) is 10.8 Å². The fraction of sp³-hybridized carbons (Fsp3) is 0.778. The topological polar surface area (TPSA) is 80.4 Å². The zero-order valence-corrected chi connectivity index (χ0v) is 8.33. The Kier molecular flexibility index (Phi) is 4.07. The van der Waals surface area contributed by atoms with Crippen LogP contribution in [-0.2, 0) is 9.59 Å². The Hall–Kier alpha value is -0.900. The van der Waals surface area contributed by atoms with E-state index in [2.05, 4.69) is 0 Å². The van der Waals surface area contributed by atoms with E-state index in [9.17, 15) is 9.59 Å². The number of Topliss-reactive ketones (excluding diaryl/α,β-unsaturated/α-hetero) is 1. The fourth-order valence-corrected chi connectivity index (χ4v) is 0.966. The summed E-state index contributed by atoms with van der Waals surface area (Å²) in [6.45, 7) is 5.32. The predicted octanol–water partition coefficient (Wildman–Crippen LogP) is 0.794. The molecule has 76 valence electrons. The van der Waals surface area contributed by atoms with Gasteiger partial charge in [-0.05, 0) is 6.42 Å². The smallest absolute Gasteiger partial charge is 0.303 e. The van der Waals surface area contributed by atoms with Crippen LogP contribution in [0.4, 0.5) is 0 Å². The van der Waals surface area contributed by atoms with Gasteiger partial charge in [-0.3, -0.25) is 9.59 Å². The van der Waals surface area contributed by atoms with E-state index in [0.29, 0.717) is 0 Å². The summed E-state index contributed by atoms with van der Waals surface area (Å²) in [7, 11) is 0. The number of ketones is 1. The lowest BCUT2D eigenvalue weighted by atomic mass is 9.85. The van der Waals surface area contributed by atoms with Gasteiger partial charge in [-0.1, -0.05) is 20.8 Å². The molecule has 0 aliphatic carbocycles. The molecule has 0 aromatic rings. The Morgan fingerprint density at radius 2 is 1.85 bits per heavy atom. The molecule has 0 rings (SSSR count). The Morgan fingerprint density at radius 3 is 2.15 bits per heavy atom. The summed E-state index contributed by atoms with van der Waals surface area (Å²) < 4.78 is 0. The van der Waals surface area contributed by atoms with Gasteiger partial charge < -0.3 is 10.8 Å². The van der Waals surface area contributed by atoms with Crippen molar-refractivity contribution in [1.82, 2.24) is 0 Å². The maximum Gasteiger partial charge on any atom is 0.303 e. The summed E-state index contributed by atoms with van der Waals surface area (Å²) in [5, 5.41) is 8.38. The van der Waals surface area contributed by atoms with Gasteiger partial charge in [0.2, 0.25) is 0 Å². The van der Waals surface area contributed by atoms with Crippen LogP contribution < -0.4 is 5.73 Å². The molecule has 0 saturated carbocycles. The quantitative estimate of drug-likeness (QED) is 0.682. The first-order valence-corrected chi connectivity index (χ1v) is 4.27. The number of aliphatic carboxylic acids is 1. The van der Waals surface area contributed by atoms with E-state index in [1.807, 2.05) is 0 Å². The number of carboxylic acid groups (broad SMARTS) is 1. The van der Waals surface area contributed by atoms with Crippen LogP contribution in [0, 0.1) is 5.41 Å².